The molecule has 3 rings (SSSR count). The molecule has 0 spiro atoms. The monoisotopic (exact) mass is 400 g/mol. The van der Waals surface area contributed by atoms with Crippen LogP contribution in [0.3, 0.4) is 0 Å². The topological polar surface area (TPSA) is 82.9 Å². The minimum atomic E-state index is -0.581. The summed E-state index contributed by atoms with van der Waals surface area (Å²) >= 11 is 7.01. The van der Waals surface area contributed by atoms with Gasteiger partial charge in [-0.2, -0.15) is 5.10 Å². The van der Waals surface area contributed by atoms with Crippen LogP contribution in [0.2, 0.25) is 5.02 Å². The number of aryl methyl sites for hydroxylation is 1. The van der Waals surface area contributed by atoms with E-state index in [1.54, 1.807) is 30.5 Å². The number of anilines is 1. The highest BCUT2D eigenvalue weighted by molar-refractivity contribution is 8.15. The van der Waals surface area contributed by atoms with Gasteiger partial charge in [-0.05, 0) is 36.8 Å². The molecule has 1 heterocycles. The Bertz CT molecular complexity index is 895. The van der Waals surface area contributed by atoms with Gasteiger partial charge in [0.05, 0.1) is 6.21 Å². The van der Waals surface area contributed by atoms with E-state index in [9.17, 15) is 9.59 Å². The first-order valence-corrected chi connectivity index (χ1v) is 9.46. The van der Waals surface area contributed by atoms with Crippen LogP contribution >= 0.6 is 23.4 Å². The molecule has 0 saturated carbocycles. The van der Waals surface area contributed by atoms with Crippen molar-refractivity contribution in [3.8, 4) is 0 Å². The molecule has 138 valence electrons. The Kier molecular flexibility index (Phi) is 6.26. The van der Waals surface area contributed by atoms with E-state index in [0.29, 0.717) is 15.9 Å². The van der Waals surface area contributed by atoms with Gasteiger partial charge in [0, 0.05) is 17.1 Å². The maximum absolute atomic E-state index is 12.4. The highest BCUT2D eigenvalue weighted by atomic mass is 35.5. The predicted molar refractivity (Wildman–Crippen MR) is 110 cm³/mol. The molecule has 1 atom stereocenters. The number of rotatable bonds is 4. The van der Waals surface area contributed by atoms with Crippen molar-refractivity contribution in [2.75, 3.05) is 5.32 Å². The van der Waals surface area contributed by atoms with E-state index in [1.165, 1.54) is 11.8 Å². The van der Waals surface area contributed by atoms with E-state index < -0.39 is 5.25 Å². The predicted octanol–water partition coefficient (Wildman–Crippen LogP) is 3.60. The second kappa shape index (κ2) is 8.83. The van der Waals surface area contributed by atoms with Crippen LogP contribution in [0.1, 0.15) is 17.5 Å². The highest BCUT2D eigenvalue weighted by Gasteiger charge is 2.30. The Labute approximate surface area is 166 Å². The fourth-order valence-electron chi connectivity index (χ4n) is 2.30. The van der Waals surface area contributed by atoms with E-state index in [0.717, 1.165) is 11.1 Å². The lowest BCUT2D eigenvalue weighted by Gasteiger charge is -2.21. The third-order valence-electron chi connectivity index (χ3n) is 3.71. The van der Waals surface area contributed by atoms with E-state index in [1.807, 2.05) is 31.2 Å². The number of amides is 2. The lowest BCUT2D eigenvalue weighted by atomic mass is 10.2. The molecule has 6 nitrogen and oxygen atoms in total. The molecule has 0 radical (unpaired) electrons. The van der Waals surface area contributed by atoms with Crippen molar-refractivity contribution in [1.29, 1.82) is 0 Å². The molecule has 1 aliphatic heterocycles. The maximum atomic E-state index is 12.4. The summed E-state index contributed by atoms with van der Waals surface area (Å²) in [6.45, 7) is 2.00. The first-order valence-electron chi connectivity index (χ1n) is 8.20. The molecule has 0 aliphatic carbocycles. The molecule has 2 N–H and O–H groups in total. The van der Waals surface area contributed by atoms with Gasteiger partial charge in [-0.25, -0.2) is 0 Å². The van der Waals surface area contributed by atoms with Crippen LogP contribution in [0.25, 0.3) is 0 Å². The SMILES string of the molecule is Cc1ccc(C=N/N=C2\NC(=O)CC(C(=O)Nc3ccc(Cl)cc3)S2)cc1. The number of carbonyl (C=O) groups excluding carboxylic acids is 2. The Morgan fingerprint density at radius 2 is 1.93 bits per heavy atom. The van der Waals surface area contributed by atoms with Crippen LogP contribution in [-0.4, -0.2) is 28.4 Å². The number of hydrogen-bond acceptors (Lipinski definition) is 5. The zero-order valence-electron chi connectivity index (χ0n) is 14.5. The summed E-state index contributed by atoms with van der Waals surface area (Å²) in [6.07, 6.45) is 1.67. The Morgan fingerprint density at radius 1 is 1.22 bits per heavy atom. The number of halogens is 1. The molecular weight excluding hydrogens is 384 g/mol. The van der Waals surface area contributed by atoms with Gasteiger partial charge in [0.15, 0.2) is 5.17 Å². The molecule has 27 heavy (non-hydrogen) atoms. The number of benzene rings is 2. The van der Waals surface area contributed by atoms with Gasteiger partial charge in [-0.15, -0.1) is 5.10 Å². The van der Waals surface area contributed by atoms with Gasteiger partial charge in [0.25, 0.3) is 0 Å². The maximum Gasteiger partial charge on any atom is 0.238 e. The van der Waals surface area contributed by atoms with E-state index >= 15 is 0 Å². The average molecular weight is 401 g/mol. The number of carbonyl (C=O) groups is 2. The smallest absolute Gasteiger partial charge is 0.238 e. The van der Waals surface area contributed by atoms with Crippen LogP contribution in [0.4, 0.5) is 5.69 Å². The standard InChI is InChI=1S/C19H17ClN4O2S/c1-12-2-4-13(5-3-12)11-21-24-19-23-17(25)10-16(27-19)18(26)22-15-8-6-14(20)7-9-15/h2-9,11,16H,10H2,1H3,(H,22,26)(H,23,24,25). The van der Waals surface area contributed by atoms with Gasteiger partial charge in [-0.3, -0.25) is 9.59 Å². The van der Waals surface area contributed by atoms with Crippen LogP contribution in [-0.2, 0) is 9.59 Å². The first kappa shape index (κ1) is 19.1. The molecule has 1 fully saturated rings. The number of amidine groups is 1. The molecule has 2 amide bonds. The molecule has 2 aromatic rings. The summed E-state index contributed by atoms with van der Waals surface area (Å²) in [7, 11) is 0. The Balaban J connectivity index is 1.64. The normalized spacial score (nSPS) is 18.5. The molecule has 1 saturated heterocycles. The van der Waals surface area contributed by atoms with Crippen LogP contribution in [0.15, 0.2) is 58.7 Å². The summed E-state index contributed by atoms with van der Waals surface area (Å²) in [5.74, 6) is -0.540. The summed E-state index contributed by atoms with van der Waals surface area (Å²) in [4.78, 5) is 24.3. The van der Waals surface area contributed by atoms with Crippen molar-refractivity contribution in [1.82, 2.24) is 5.32 Å². The van der Waals surface area contributed by atoms with E-state index in [2.05, 4.69) is 20.8 Å². The zero-order valence-corrected chi connectivity index (χ0v) is 16.1. The summed E-state index contributed by atoms with van der Waals surface area (Å²) in [5.41, 5.74) is 2.67. The average Bonchev–Trinajstić information content (AvgIpc) is 2.65. The van der Waals surface area contributed by atoms with Crippen molar-refractivity contribution < 1.29 is 9.59 Å². The van der Waals surface area contributed by atoms with Gasteiger partial charge < -0.3 is 10.6 Å². The van der Waals surface area contributed by atoms with Crippen molar-refractivity contribution in [2.45, 2.75) is 18.6 Å². The Morgan fingerprint density at radius 3 is 2.63 bits per heavy atom. The number of nitrogens with zero attached hydrogens (tertiary/aromatic N) is 2. The van der Waals surface area contributed by atoms with Crippen LogP contribution < -0.4 is 10.6 Å². The first-order chi connectivity index (χ1) is 13.0. The molecule has 0 aromatic heterocycles. The third-order valence-corrected chi connectivity index (χ3v) is 5.03. The largest absolute Gasteiger partial charge is 0.325 e. The fraction of sp³-hybridized carbons (Fsp3) is 0.158. The lowest BCUT2D eigenvalue weighted by molar-refractivity contribution is -0.123. The second-order valence-electron chi connectivity index (χ2n) is 5.92. The second-order valence-corrected chi connectivity index (χ2v) is 7.54. The molecule has 1 unspecified atom stereocenters. The Hall–Kier alpha value is -2.64. The number of hydrogen-bond donors (Lipinski definition) is 2. The molecule has 0 bridgehead atoms. The van der Waals surface area contributed by atoms with Crippen molar-refractivity contribution in [2.24, 2.45) is 10.2 Å². The van der Waals surface area contributed by atoms with E-state index in [-0.39, 0.29) is 18.2 Å². The van der Waals surface area contributed by atoms with Crippen LogP contribution in [0.5, 0.6) is 0 Å². The molecule has 1 aliphatic rings. The van der Waals surface area contributed by atoms with Crippen molar-refractivity contribution >= 4 is 52.2 Å². The molecule has 8 heteroatoms. The van der Waals surface area contributed by atoms with Gasteiger partial charge in [0.2, 0.25) is 11.8 Å². The van der Waals surface area contributed by atoms with Gasteiger partial charge in [-0.1, -0.05) is 53.2 Å². The fourth-order valence-corrected chi connectivity index (χ4v) is 3.36. The van der Waals surface area contributed by atoms with Crippen molar-refractivity contribution in [3.63, 3.8) is 0 Å². The van der Waals surface area contributed by atoms with Gasteiger partial charge in [0.1, 0.15) is 5.25 Å². The number of thioether (sulfide) groups is 1. The van der Waals surface area contributed by atoms with Crippen LogP contribution in [0, 0.1) is 6.92 Å². The van der Waals surface area contributed by atoms with E-state index in [4.69, 9.17) is 11.6 Å². The highest BCUT2D eigenvalue weighted by Crippen LogP contribution is 2.23. The summed E-state index contributed by atoms with van der Waals surface area (Å²) in [6, 6.07) is 14.6. The summed E-state index contributed by atoms with van der Waals surface area (Å²) < 4.78 is 0. The third kappa shape index (κ3) is 5.67. The quantitative estimate of drug-likeness (QED) is 0.607. The van der Waals surface area contributed by atoms with Gasteiger partial charge >= 0.3 is 0 Å². The zero-order chi connectivity index (χ0) is 19.2. The lowest BCUT2D eigenvalue weighted by Crippen LogP contribution is -2.41. The minimum Gasteiger partial charge on any atom is -0.325 e. The molecular formula is C19H17ClN4O2S. The number of nitrogens with one attached hydrogen (secondary N) is 2. The molecule has 2 aromatic carbocycles. The minimum absolute atomic E-state index is 0.0742. The summed E-state index contributed by atoms with van der Waals surface area (Å²) in [5, 5.41) is 13.7. The van der Waals surface area contributed by atoms with Crippen molar-refractivity contribution in [3.05, 3.63) is 64.7 Å².